The number of pyridine rings is 1. The molecule has 2 aromatic carbocycles. The van der Waals surface area contributed by atoms with Crippen LogP contribution in [0.2, 0.25) is 0 Å². The molecule has 0 radical (unpaired) electrons. The molecular weight excluding hydrogens is 436 g/mol. The fraction of sp³-hybridized carbons (Fsp3) is 0.280. The normalized spacial score (nSPS) is 13.9. The third-order valence-corrected chi connectivity index (χ3v) is 6.12. The van der Waals surface area contributed by atoms with E-state index in [1.807, 2.05) is 0 Å². The molecule has 174 valence electrons. The van der Waals surface area contributed by atoms with Gasteiger partial charge in [-0.05, 0) is 55.7 Å². The number of piperidine rings is 1. The minimum atomic E-state index is -0.599. The zero-order chi connectivity index (χ0) is 23.7. The van der Waals surface area contributed by atoms with Crippen LogP contribution in [0.1, 0.15) is 29.6 Å². The molecule has 3 heterocycles. The van der Waals surface area contributed by atoms with Gasteiger partial charge < -0.3 is 19.4 Å². The number of fused-ring (bicyclic) bond motifs is 2. The number of amides is 2. The van der Waals surface area contributed by atoms with Crippen molar-refractivity contribution in [3.05, 3.63) is 64.8 Å². The van der Waals surface area contributed by atoms with Crippen molar-refractivity contribution in [1.82, 2.24) is 14.5 Å². The van der Waals surface area contributed by atoms with Gasteiger partial charge in [0.05, 0.1) is 23.7 Å². The summed E-state index contributed by atoms with van der Waals surface area (Å²) in [6.07, 6.45) is 4.63. The number of nitrogens with one attached hydrogen (secondary N) is 1. The molecule has 0 atom stereocenters. The lowest BCUT2D eigenvalue weighted by Crippen LogP contribution is -2.39. The number of hydrogen-bond acceptors (Lipinski definition) is 6. The lowest BCUT2D eigenvalue weighted by atomic mass is 10.1. The maximum absolute atomic E-state index is 13.1. The number of likely N-dealkylation sites (tertiary alicyclic amines) is 1. The molecule has 34 heavy (non-hydrogen) atoms. The second-order valence-corrected chi connectivity index (χ2v) is 8.27. The number of oxazole rings is 1. The van der Waals surface area contributed by atoms with E-state index in [9.17, 15) is 14.4 Å². The average Bonchev–Trinajstić information content (AvgIpc) is 3.17. The molecule has 1 fully saturated rings. The first kappa shape index (κ1) is 21.7. The van der Waals surface area contributed by atoms with Gasteiger partial charge >= 0.3 is 5.76 Å². The van der Waals surface area contributed by atoms with Crippen LogP contribution in [0, 0.1) is 0 Å². The Bertz CT molecular complexity index is 1450. The van der Waals surface area contributed by atoms with Crippen LogP contribution in [-0.2, 0) is 11.3 Å². The van der Waals surface area contributed by atoms with E-state index in [4.69, 9.17) is 9.15 Å². The molecule has 1 aliphatic heterocycles. The van der Waals surface area contributed by atoms with E-state index in [0.717, 1.165) is 19.3 Å². The van der Waals surface area contributed by atoms with Gasteiger partial charge in [-0.15, -0.1) is 0 Å². The molecule has 4 aromatic rings. The van der Waals surface area contributed by atoms with Crippen LogP contribution in [0.5, 0.6) is 5.75 Å². The van der Waals surface area contributed by atoms with Gasteiger partial charge in [-0.2, -0.15) is 0 Å². The fourth-order valence-corrected chi connectivity index (χ4v) is 4.32. The lowest BCUT2D eigenvalue weighted by molar-refractivity contribution is -0.132. The summed E-state index contributed by atoms with van der Waals surface area (Å²) in [4.78, 5) is 44.3. The number of anilines is 1. The number of rotatable bonds is 5. The highest BCUT2D eigenvalue weighted by Crippen LogP contribution is 2.24. The Morgan fingerprint density at radius 3 is 2.71 bits per heavy atom. The van der Waals surface area contributed by atoms with Crippen molar-refractivity contribution in [2.75, 3.05) is 25.5 Å². The van der Waals surface area contributed by atoms with Crippen LogP contribution >= 0.6 is 0 Å². The van der Waals surface area contributed by atoms with E-state index in [1.54, 1.807) is 60.7 Å². The van der Waals surface area contributed by atoms with Crippen LogP contribution in [0.4, 0.5) is 5.69 Å². The maximum Gasteiger partial charge on any atom is 0.420 e. The number of carbonyl (C=O) groups excluding carboxylic acids is 2. The van der Waals surface area contributed by atoms with Gasteiger partial charge in [0.15, 0.2) is 5.58 Å². The molecule has 1 aliphatic rings. The number of benzene rings is 2. The minimum Gasteiger partial charge on any atom is -0.497 e. The van der Waals surface area contributed by atoms with E-state index < -0.39 is 5.76 Å². The third-order valence-electron chi connectivity index (χ3n) is 6.12. The Balaban J connectivity index is 1.42. The zero-order valence-electron chi connectivity index (χ0n) is 18.7. The van der Waals surface area contributed by atoms with Crippen molar-refractivity contribution in [3.63, 3.8) is 0 Å². The number of carbonyl (C=O) groups is 2. The first-order chi connectivity index (χ1) is 16.5. The smallest absolute Gasteiger partial charge is 0.420 e. The second-order valence-electron chi connectivity index (χ2n) is 8.27. The zero-order valence-corrected chi connectivity index (χ0v) is 18.7. The highest BCUT2D eigenvalue weighted by molar-refractivity contribution is 6.12. The standard InChI is InChI=1S/C25H24N4O5/c1-33-17-6-7-18-19(9-10-26-20(18)14-17)24(31)27-16-5-8-22-21(13-16)29(25(32)34-22)15-23(30)28-11-3-2-4-12-28/h5-10,13-14H,2-4,11-12,15H2,1H3,(H,27,31). The summed E-state index contributed by atoms with van der Waals surface area (Å²) >= 11 is 0. The molecule has 1 saturated heterocycles. The molecule has 0 unspecified atom stereocenters. The van der Waals surface area contributed by atoms with Crippen LogP contribution < -0.4 is 15.8 Å². The molecular formula is C25H24N4O5. The Hall–Kier alpha value is -4.14. The van der Waals surface area contributed by atoms with Crippen molar-refractivity contribution >= 4 is 39.5 Å². The molecule has 5 rings (SSSR count). The Labute approximate surface area is 194 Å². The van der Waals surface area contributed by atoms with Crippen LogP contribution in [-0.4, -0.2) is 46.5 Å². The van der Waals surface area contributed by atoms with E-state index in [0.29, 0.717) is 52.1 Å². The topological polar surface area (TPSA) is 107 Å². The predicted molar refractivity (Wildman–Crippen MR) is 127 cm³/mol. The second kappa shape index (κ2) is 9.01. The Morgan fingerprint density at radius 1 is 1.09 bits per heavy atom. The summed E-state index contributed by atoms with van der Waals surface area (Å²) in [6, 6.07) is 11.9. The summed E-state index contributed by atoms with van der Waals surface area (Å²) < 4.78 is 11.9. The Kier molecular flexibility index (Phi) is 5.75. The van der Waals surface area contributed by atoms with Crippen molar-refractivity contribution in [2.45, 2.75) is 25.8 Å². The maximum atomic E-state index is 13.1. The fourth-order valence-electron chi connectivity index (χ4n) is 4.32. The van der Waals surface area contributed by atoms with Crippen LogP contribution in [0.3, 0.4) is 0 Å². The van der Waals surface area contributed by atoms with Crippen LogP contribution in [0.25, 0.3) is 22.0 Å². The molecule has 9 heteroatoms. The van der Waals surface area contributed by atoms with Crippen molar-refractivity contribution in [2.24, 2.45) is 0 Å². The summed E-state index contributed by atoms with van der Waals surface area (Å²) in [5.74, 6) is -0.380. The minimum absolute atomic E-state index is 0.0972. The highest BCUT2D eigenvalue weighted by Gasteiger charge is 2.20. The summed E-state index contributed by atoms with van der Waals surface area (Å²) in [7, 11) is 1.57. The van der Waals surface area contributed by atoms with E-state index in [1.165, 1.54) is 4.57 Å². The van der Waals surface area contributed by atoms with Gasteiger partial charge in [-0.1, -0.05) is 0 Å². The van der Waals surface area contributed by atoms with Crippen LogP contribution in [0.15, 0.2) is 57.9 Å². The van der Waals surface area contributed by atoms with Gasteiger partial charge in [0.1, 0.15) is 12.3 Å². The molecule has 2 aromatic heterocycles. The molecule has 1 N–H and O–H groups in total. The number of aromatic nitrogens is 2. The van der Waals surface area contributed by atoms with Crippen molar-refractivity contribution in [1.29, 1.82) is 0 Å². The number of hydrogen-bond donors (Lipinski definition) is 1. The number of ether oxygens (including phenoxy) is 1. The first-order valence-electron chi connectivity index (χ1n) is 11.2. The molecule has 0 spiro atoms. The van der Waals surface area contributed by atoms with E-state index >= 15 is 0 Å². The number of methoxy groups -OCH3 is 1. The molecule has 0 bridgehead atoms. The molecule has 0 aliphatic carbocycles. The first-order valence-corrected chi connectivity index (χ1v) is 11.2. The molecule has 9 nitrogen and oxygen atoms in total. The quantitative estimate of drug-likeness (QED) is 0.489. The van der Waals surface area contributed by atoms with Gasteiger partial charge in [0, 0.05) is 36.4 Å². The molecule has 0 saturated carbocycles. The van der Waals surface area contributed by atoms with E-state index in [2.05, 4.69) is 10.3 Å². The van der Waals surface area contributed by atoms with Gasteiger partial charge in [-0.3, -0.25) is 19.1 Å². The SMILES string of the molecule is COc1ccc2c(C(=O)Nc3ccc4oc(=O)n(CC(=O)N5CCCCC5)c4c3)ccnc2c1. The predicted octanol–water partition coefficient (Wildman–Crippen LogP) is 3.42. The van der Waals surface area contributed by atoms with Gasteiger partial charge in [-0.25, -0.2) is 4.79 Å². The summed E-state index contributed by atoms with van der Waals surface area (Å²) in [5, 5.41) is 3.56. The lowest BCUT2D eigenvalue weighted by Gasteiger charge is -2.26. The molecule has 2 amide bonds. The number of nitrogens with zero attached hydrogens (tertiary/aromatic N) is 3. The summed E-state index contributed by atoms with van der Waals surface area (Å²) in [6.45, 7) is 1.31. The third kappa shape index (κ3) is 4.12. The average molecular weight is 460 g/mol. The monoisotopic (exact) mass is 460 g/mol. The van der Waals surface area contributed by atoms with Gasteiger partial charge in [0.25, 0.3) is 5.91 Å². The largest absolute Gasteiger partial charge is 0.497 e. The Morgan fingerprint density at radius 2 is 1.91 bits per heavy atom. The summed E-state index contributed by atoms with van der Waals surface area (Å²) in [5.41, 5.74) is 2.39. The van der Waals surface area contributed by atoms with Crippen molar-refractivity contribution in [3.8, 4) is 5.75 Å². The van der Waals surface area contributed by atoms with E-state index in [-0.39, 0.29) is 18.4 Å². The van der Waals surface area contributed by atoms with Crippen molar-refractivity contribution < 1.29 is 18.7 Å². The highest BCUT2D eigenvalue weighted by atomic mass is 16.5. The van der Waals surface area contributed by atoms with Gasteiger partial charge in [0.2, 0.25) is 5.91 Å².